The van der Waals surface area contributed by atoms with Crippen molar-refractivity contribution in [3.05, 3.63) is 87.6 Å². The van der Waals surface area contributed by atoms with Gasteiger partial charge in [0.05, 0.1) is 23.9 Å². The molecular weight excluding hydrogens is 396 g/mol. The second-order valence-corrected chi connectivity index (χ2v) is 7.43. The van der Waals surface area contributed by atoms with Crippen molar-refractivity contribution >= 4 is 16.9 Å². The van der Waals surface area contributed by atoms with E-state index in [2.05, 4.69) is 15.3 Å². The number of benzene rings is 2. The van der Waals surface area contributed by atoms with Crippen LogP contribution in [0.3, 0.4) is 0 Å². The van der Waals surface area contributed by atoms with Gasteiger partial charge in [-0.3, -0.25) is 9.59 Å². The van der Waals surface area contributed by atoms with E-state index >= 15 is 0 Å². The summed E-state index contributed by atoms with van der Waals surface area (Å²) in [4.78, 5) is 33.1. The van der Waals surface area contributed by atoms with E-state index in [4.69, 9.17) is 9.47 Å². The van der Waals surface area contributed by atoms with Crippen molar-refractivity contribution < 1.29 is 14.3 Å². The Labute approximate surface area is 177 Å². The van der Waals surface area contributed by atoms with Crippen LogP contribution in [0.2, 0.25) is 0 Å². The number of rotatable bonds is 5. The molecule has 4 aromatic rings. The zero-order chi connectivity index (χ0) is 21.4. The smallest absolute Gasteiger partial charge is 0.263 e. The van der Waals surface area contributed by atoms with E-state index < -0.39 is 5.91 Å². The van der Waals surface area contributed by atoms with Crippen molar-refractivity contribution in [1.29, 1.82) is 0 Å². The number of aromatic amines is 1. The molecule has 2 N–H and O–H groups in total. The van der Waals surface area contributed by atoms with E-state index in [1.807, 2.05) is 36.4 Å². The molecule has 156 valence electrons. The molecule has 8 heteroatoms. The second-order valence-electron chi connectivity index (χ2n) is 7.43. The Balaban J connectivity index is 1.35. The predicted octanol–water partition coefficient (Wildman–Crippen LogP) is 2.74. The first-order valence-corrected chi connectivity index (χ1v) is 9.87. The van der Waals surface area contributed by atoms with Gasteiger partial charge in [0, 0.05) is 12.7 Å². The summed E-state index contributed by atoms with van der Waals surface area (Å²) in [5.74, 6) is 0.950. The average Bonchev–Trinajstić information content (AvgIpc) is 3.42. The summed E-state index contributed by atoms with van der Waals surface area (Å²) in [6.07, 6.45) is 3.33. The fraction of sp³-hybridized carbons (Fsp3) is 0.174. The van der Waals surface area contributed by atoms with Gasteiger partial charge in [0.15, 0.2) is 11.5 Å². The summed E-state index contributed by atoms with van der Waals surface area (Å²) in [5, 5.41) is 2.86. The number of pyridine rings is 1. The number of ether oxygens (including phenoxy) is 2. The molecule has 5 rings (SSSR count). The first-order valence-electron chi connectivity index (χ1n) is 9.87. The van der Waals surface area contributed by atoms with E-state index in [0.717, 1.165) is 22.2 Å². The van der Waals surface area contributed by atoms with Crippen molar-refractivity contribution in [3.63, 3.8) is 0 Å². The highest BCUT2D eigenvalue weighted by molar-refractivity contribution is 5.95. The van der Waals surface area contributed by atoms with E-state index in [0.29, 0.717) is 30.2 Å². The van der Waals surface area contributed by atoms with Crippen LogP contribution in [0.1, 0.15) is 27.0 Å². The van der Waals surface area contributed by atoms with Crippen molar-refractivity contribution in [2.45, 2.75) is 20.0 Å². The molecule has 31 heavy (non-hydrogen) atoms. The van der Waals surface area contributed by atoms with Gasteiger partial charge in [-0.1, -0.05) is 12.1 Å². The van der Waals surface area contributed by atoms with Crippen molar-refractivity contribution in [2.24, 2.45) is 0 Å². The second kappa shape index (κ2) is 7.64. The standard InChI is InChI=1S/C23H20N4O4/c1-14-6-7-27(11-16-3-5-19-20(9-16)31-13-30-19)23(29)21(14)22(28)24-10-15-2-4-17-18(8-15)26-12-25-17/h2-9,12H,10-11,13H2,1H3,(H,24,28)(H,25,26). The molecule has 0 saturated heterocycles. The van der Waals surface area contributed by atoms with Crippen LogP contribution < -0.4 is 20.3 Å². The number of carbonyl (C=O) groups is 1. The third-order valence-electron chi connectivity index (χ3n) is 5.33. The van der Waals surface area contributed by atoms with Gasteiger partial charge < -0.3 is 24.3 Å². The van der Waals surface area contributed by atoms with Crippen molar-refractivity contribution in [1.82, 2.24) is 19.9 Å². The van der Waals surface area contributed by atoms with E-state index in [1.54, 1.807) is 25.5 Å². The molecule has 0 saturated carbocycles. The summed E-state index contributed by atoms with van der Waals surface area (Å²) in [7, 11) is 0. The zero-order valence-electron chi connectivity index (χ0n) is 16.8. The van der Waals surface area contributed by atoms with Crippen LogP contribution in [-0.4, -0.2) is 27.2 Å². The number of carbonyl (C=O) groups excluding carboxylic acids is 1. The van der Waals surface area contributed by atoms with E-state index in [9.17, 15) is 9.59 Å². The Hall–Kier alpha value is -4.07. The SMILES string of the molecule is Cc1ccn(Cc2ccc3c(c2)OCO3)c(=O)c1C(=O)NCc1ccc2nc[nH]c2c1. The highest BCUT2D eigenvalue weighted by atomic mass is 16.7. The quantitative estimate of drug-likeness (QED) is 0.521. The van der Waals surface area contributed by atoms with Gasteiger partial charge in [-0.15, -0.1) is 0 Å². The summed E-state index contributed by atoms with van der Waals surface area (Å²) in [6, 6.07) is 13.0. The number of hydrogen-bond acceptors (Lipinski definition) is 5. The van der Waals surface area contributed by atoms with Gasteiger partial charge >= 0.3 is 0 Å². The zero-order valence-corrected chi connectivity index (χ0v) is 16.8. The Kier molecular flexibility index (Phi) is 4.66. The number of nitrogens with zero attached hydrogens (tertiary/aromatic N) is 2. The fourth-order valence-corrected chi connectivity index (χ4v) is 3.67. The molecule has 0 aliphatic carbocycles. The molecule has 1 amide bonds. The first kappa shape index (κ1) is 18.9. The van der Waals surface area contributed by atoms with Gasteiger partial charge in [-0.05, 0) is 53.9 Å². The van der Waals surface area contributed by atoms with Crippen LogP contribution in [-0.2, 0) is 13.1 Å². The summed E-state index contributed by atoms with van der Waals surface area (Å²) >= 11 is 0. The lowest BCUT2D eigenvalue weighted by Crippen LogP contribution is -2.34. The normalized spacial score (nSPS) is 12.3. The average molecular weight is 416 g/mol. The largest absolute Gasteiger partial charge is 0.454 e. The lowest BCUT2D eigenvalue weighted by atomic mass is 10.1. The number of amides is 1. The number of nitrogens with one attached hydrogen (secondary N) is 2. The number of imidazole rings is 1. The highest BCUT2D eigenvalue weighted by Gasteiger charge is 2.17. The van der Waals surface area contributed by atoms with E-state index in [1.165, 1.54) is 4.57 Å². The Morgan fingerprint density at radius 2 is 1.97 bits per heavy atom. The third kappa shape index (κ3) is 3.63. The summed E-state index contributed by atoms with van der Waals surface area (Å²) < 4.78 is 12.3. The maximum absolute atomic E-state index is 13.1. The van der Waals surface area contributed by atoms with Gasteiger partial charge in [0.1, 0.15) is 5.56 Å². The highest BCUT2D eigenvalue weighted by Crippen LogP contribution is 2.32. The molecule has 1 aliphatic heterocycles. The molecule has 0 atom stereocenters. The molecule has 0 spiro atoms. The molecule has 2 aromatic heterocycles. The van der Waals surface area contributed by atoms with Crippen LogP contribution in [0, 0.1) is 6.92 Å². The maximum Gasteiger partial charge on any atom is 0.263 e. The lowest BCUT2D eigenvalue weighted by molar-refractivity contribution is 0.0948. The minimum absolute atomic E-state index is 0.144. The van der Waals surface area contributed by atoms with Crippen LogP contribution >= 0.6 is 0 Å². The lowest BCUT2D eigenvalue weighted by Gasteiger charge is -2.12. The van der Waals surface area contributed by atoms with Crippen LogP contribution in [0.25, 0.3) is 11.0 Å². The molecule has 1 aliphatic rings. The predicted molar refractivity (Wildman–Crippen MR) is 114 cm³/mol. The number of aryl methyl sites for hydroxylation is 1. The molecule has 0 unspecified atom stereocenters. The fourth-order valence-electron chi connectivity index (χ4n) is 3.67. The maximum atomic E-state index is 13.1. The molecule has 2 aromatic carbocycles. The van der Waals surface area contributed by atoms with Crippen LogP contribution in [0.15, 0.2) is 59.8 Å². The monoisotopic (exact) mass is 416 g/mol. The molecule has 0 bridgehead atoms. The number of fused-ring (bicyclic) bond motifs is 2. The summed E-state index contributed by atoms with van der Waals surface area (Å²) in [5.41, 5.74) is 4.00. The van der Waals surface area contributed by atoms with Crippen LogP contribution in [0.4, 0.5) is 0 Å². The molecule has 0 radical (unpaired) electrons. The van der Waals surface area contributed by atoms with Crippen molar-refractivity contribution in [2.75, 3.05) is 6.79 Å². The minimum Gasteiger partial charge on any atom is -0.454 e. The van der Waals surface area contributed by atoms with Crippen molar-refractivity contribution in [3.8, 4) is 11.5 Å². The van der Waals surface area contributed by atoms with Gasteiger partial charge in [-0.25, -0.2) is 4.98 Å². The summed E-state index contributed by atoms with van der Waals surface area (Å²) in [6.45, 7) is 2.59. The topological polar surface area (TPSA) is 98.2 Å². The van der Waals surface area contributed by atoms with Gasteiger partial charge in [0.2, 0.25) is 6.79 Å². The van der Waals surface area contributed by atoms with Gasteiger partial charge in [-0.2, -0.15) is 0 Å². The molecule has 0 fully saturated rings. The Morgan fingerprint density at radius 1 is 1.13 bits per heavy atom. The minimum atomic E-state index is -0.396. The van der Waals surface area contributed by atoms with E-state index in [-0.39, 0.29) is 17.9 Å². The molecular formula is C23H20N4O4. The van der Waals surface area contributed by atoms with Crippen LogP contribution in [0.5, 0.6) is 11.5 Å². The Bertz CT molecular complexity index is 1360. The molecule has 8 nitrogen and oxygen atoms in total. The van der Waals surface area contributed by atoms with Gasteiger partial charge in [0.25, 0.3) is 11.5 Å². The first-order chi connectivity index (χ1) is 15.1. The number of H-pyrrole nitrogens is 1. The molecule has 3 heterocycles. The Morgan fingerprint density at radius 3 is 2.87 bits per heavy atom. The number of aromatic nitrogens is 3. The third-order valence-corrected chi connectivity index (χ3v) is 5.33. The number of hydrogen-bond donors (Lipinski definition) is 2.